The van der Waals surface area contributed by atoms with Crippen molar-refractivity contribution in [3.63, 3.8) is 0 Å². The number of thioether (sulfide) groups is 1. The van der Waals surface area contributed by atoms with E-state index in [1.807, 2.05) is 0 Å². The van der Waals surface area contributed by atoms with Gasteiger partial charge in [-0.05, 0) is 33.1 Å². The van der Waals surface area contributed by atoms with Gasteiger partial charge in [0.25, 0.3) is 0 Å². The molecule has 0 aromatic heterocycles. The van der Waals surface area contributed by atoms with Gasteiger partial charge in [-0.2, -0.15) is 11.8 Å². The zero-order valence-electron chi connectivity index (χ0n) is 11.7. The highest BCUT2D eigenvalue weighted by Crippen LogP contribution is 2.41. The Bertz CT molecular complexity index is 282. The van der Waals surface area contributed by atoms with Gasteiger partial charge in [0, 0.05) is 42.5 Å². The topological polar surface area (TPSA) is 32.5 Å². The number of piperazine rings is 1. The van der Waals surface area contributed by atoms with Crippen molar-refractivity contribution < 1.29 is 0 Å². The SMILES string of the molecule is CC1SCCC1(CN)N1CCN(C)C(C)(C)C1. The normalized spacial score (nSPS) is 39.7. The third-order valence-corrected chi connectivity index (χ3v) is 6.34. The van der Waals surface area contributed by atoms with Gasteiger partial charge in [0.1, 0.15) is 0 Å². The first-order valence-electron chi connectivity index (χ1n) is 6.70. The van der Waals surface area contributed by atoms with E-state index in [1.165, 1.54) is 18.7 Å². The molecule has 4 heteroatoms. The van der Waals surface area contributed by atoms with Crippen LogP contribution in [0.4, 0.5) is 0 Å². The monoisotopic (exact) mass is 257 g/mol. The summed E-state index contributed by atoms with van der Waals surface area (Å²) in [5, 5.41) is 0.673. The lowest BCUT2D eigenvalue weighted by atomic mass is 9.86. The first-order chi connectivity index (χ1) is 7.92. The van der Waals surface area contributed by atoms with Crippen molar-refractivity contribution in [2.24, 2.45) is 5.73 Å². The number of likely N-dealkylation sites (N-methyl/N-ethyl adjacent to an activating group) is 1. The van der Waals surface area contributed by atoms with Crippen LogP contribution in [0.2, 0.25) is 0 Å². The molecular formula is C13H27N3S. The molecule has 2 N–H and O–H groups in total. The maximum Gasteiger partial charge on any atom is 0.0456 e. The average Bonchev–Trinajstić information content (AvgIpc) is 2.65. The number of nitrogens with two attached hydrogens (primary N) is 1. The highest BCUT2D eigenvalue weighted by Gasteiger charge is 2.47. The molecule has 0 radical (unpaired) electrons. The molecule has 2 unspecified atom stereocenters. The minimum atomic E-state index is 0.253. The van der Waals surface area contributed by atoms with Gasteiger partial charge in [0.2, 0.25) is 0 Å². The van der Waals surface area contributed by atoms with Gasteiger partial charge in [-0.3, -0.25) is 9.80 Å². The van der Waals surface area contributed by atoms with E-state index in [0.717, 1.165) is 19.6 Å². The van der Waals surface area contributed by atoms with Crippen LogP contribution < -0.4 is 5.73 Å². The second-order valence-electron chi connectivity index (χ2n) is 6.23. The lowest BCUT2D eigenvalue weighted by Gasteiger charge is -2.53. The minimum absolute atomic E-state index is 0.253. The summed E-state index contributed by atoms with van der Waals surface area (Å²) in [7, 11) is 2.24. The fraction of sp³-hybridized carbons (Fsp3) is 1.00. The second kappa shape index (κ2) is 4.72. The molecule has 0 amide bonds. The Morgan fingerprint density at radius 1 is 1.35 bits per heavy atom. The Labute approximate surface area is 110 Å². The summed E-state index contributed by atoms with van der Waals surface area (Å²) in [5.74, 6) is 1.27. The molecule has 2 saturated heterocycles. The number of nitrogens with zero attached hydrogens (tertiary/aromatic N) is 2. The van der Waals surface area contributed by atoms with E-state index >= 15 is 0 Å². The van der Waals surface area contributed by atoms with E-state index in [0.29, 0.717) is 5.25 Å². The quantitative estimate of drug-likeness (QED) is 0.807. The fourth-order valence-electron chi connectivity index (χ4n) is 3.20. The van der Waals surface area contributed by atoms with Gasteiger partial charge in [0.15, 0.2) is 0 Å². The van der Waals surface area contributed by atoms with Crippen molar-refractivity contribution in [2.75, 3.05) is 39.0 Å². The van der Waals surface area contributed by atoms with Crippen LogP contribution >= 0.6 is 11.8 Å². The summed E-state index contributed by atoms with van der Waals surface area (Å²) in [6.45, 7) is 11.3. The van der Waals surface area contributed by atoms with Crippen molar-refractivity contribution >= 4 is 11.8 Å². The van der Waals surface area contributed by atoms with Gasteiger partial charge in [-0.1, -0.05) is 6.92 Å². The van der Waals surface area contributed by atoms with Gasteiger partial charge >= 0.3 is 0 Å². The lowest BCUT2D eigenvalue weighted by molar-refractivity contribution is -0.0201. The molecule has 0 saturated carbocycles. The van der Waals surface area contributed by atoms with Crippen LogP contribution in [0.5, 0.6) is 0 Å². The predicted octanol–water partition coefficient (Wildman–Crippen LogP) is 1.24. The number of hydrogen-bond acceptors (Lipinski definition) is 4. The van der Waals surface area contributed by atoms with E-state index in [9.17, 15) is 0 Å². The van der Waals surface area contributed by atoms with E-state index in [4.69, 9.17) is 5.73 Å². The molecule has 0 aromatic rings. The predicted molar refractivity (Wildman–Crippen MR) is 76.6 cm³/mol. The summed E-state index contributed by atoms with van der Waals surface area (Å²) in [6.07, 6.45) is 1.26. The maximum absolute atomic E-state index is 6.14. The molecule has 2 aliphatic heterocycles. The van der Waals surface area contributed by atoms with Crippen LogP contribution in [0.1, 0.15) is 27.2 Å². The Kier molecular flexibility index (Phi) is 3.79. The van der Waals surface area contributed by atoms with Gasteiger partial charge in [-0.25, -0.2) is 0 Å². The van der Waals surface area contributed by atoms with E-state index in [2.05, 4.69) is 49.4 Å². The molecule has 2 heterocycles. The van der Waals surface area contributed by atoms with Crippen molar-refractivity contribution in [1.29, 1.82) is 0 Å². The molecule has 100 valence electrons. The highest BCUT2D eigenvalue weighted by molar-refractivity contribution is 8.00. The van der Waals surface area contributed by atoms with E-state index < -0.39 is 0 Å². The van der Waals surface area contributed by atoms with Crippen molar-refractivity contribution in [2.45, 2.75) is 43.5 Å². The molecular weight excluding hydrogens is 230 g/mol. The Hall–Kier alpha value is 0.230. The number of hydrogen-bond donors (Lipinski definition) is 1. The van der Waals surface area contributed by atoms with Crippen molar-refractivity contribution in [1.82, 2.24) is 9.80 Å². The average molecular weight is 257 g/mol. The standard InChI is InChI=1S/C13H27N3S/c1-11-13(9-14,5-8-17-11)16-7-6-15(4)12(2,3)10-16/h11H,5-10,14H2,1-4H3. The van der Waals surface area contributed by atoms with Crippen molar-refractivity contribution in [3.8, 4) is 0 Å². The molecule has 2 rings (SSSR count). The van der Waals surface area contributed by atoms with Gasteiger partial charge in [-0.15, -0.1) is 0 Å². The van der Waals surface area contributed by atoms with Crippen LogP contribution in [-0.4, -0.2) is 65.1 Å². The summed E-state index contributed by atoms with van der Waals surface area (Å²) < 4.78 is 0. The fourth-order valence-corrected chi connectivity index (χ4v) is 4.70. The van der Waals surface area contributed by atoms with Gasteiger partial charge < -0.3 is 5.73 Å². The Balaban J connectivity index is 2.16. The minimum Gasteiger partial charge on any atom is -0.329 e. The lowest BCUT2D eigenvalue weighted by Crippen LogP contribution is -2.67. The molecule has 2 fully saturated rings. The zero-order valence-corrected chi connectivity index (χ0v) is 12.5. The van der Waals surface area contributed by atoms with E-state index in [-0.39, 0.29) is 11.1 Å². The summed E-state index contributed by atoms with van der Waals surface area (Å²) in [4.78, 5) is 5.15. The number of rotatable bonds is 2. The summed E-state index contributed by atoms with van der Waals surface area (Å²) in [6, 6.07) is 0. The maximum atomic E-state index is 6.14. The highest BCUT2D eigenvalue weighted by atomic mass is 32.2. The molecule has 0 bridgehead atoms. The Morgan fingerprint density at radius 2 is 2.06 bits per heavy atom. The molecule has 0 aliphatic carbocycles. The van der Waals surface area contributed by atoms with E-state index in [1.54, 1.807) is 0 Å². The molecule has 2 atom stereocenters. The third-order valence-electron chi connectivity index (χ3n) is 4.96. The van der Waals surface area contributed by atoms with Crippen LogP contribution in [0.15, 0.2) is 0 Å². The molecule has 17 heavy (non-hydrogen) atoms. The smallest absolute Gasteiger partial charge is 0.0456 e. The largest absolute Gasteiger partial charge is 0.329 e. The van der Waals surface area contributed by atoms with Crippen LogP contribution in [-0.2, 0) is 0 Å². The summed E-state index contributed by atoms with van der Waals surface area (Å²) in [5.41, 5.74) is 6.67. The van der Waals surface area contributed by atoms with Crippen LogP contribution in [0.25, 0.3) is 0 Å². The van der Waals surface area contributed by atoms with Crippen LogP contribution in [0.3, 0.4) is 0 Å². The zero-order chi connectivity index (χ0) is 12.7. The van der Waals surface area contributed by atoms with Crippen molar-refractivity contribution in [3.05, 3.63) is 0 Å². The molecule has 0 aromatic carbocycles. The molecule has 2 aliphatic rings. The third kappa shape index (κ3) is 2.25. The summed E-state index contributed by atoms with van der Waals surface area (Å²) >= 11 is 2.09. The first kappa shape index (κ1) is 13.7. The molecule has 0 spiro atoms. The Morgan fingerprint density at radius 3 is 2.53 bits per heavy atom. The first-order valence-corrected chi connectivity index (χ1v) is 7.75. The van der Waals surface area contributed by atoms with Gasteiger partial charge in [0.05, 0.1) is 0 Å². The second-order valence-corrected chi connectivity index (χ2v) is 7.67. The van der Waals surface area contributed by atoms with Crippen LogP contribution in [0, 0.1) is 0 Å². The molecule has 3 nitrogen and oxygen atoms in total.